The fraction of sp³-hybridized carbons (Fsp3) is 0.522. The molecule has 0 N–H and O–H groups in total. The van der Waals surface area contributed by atoms with Crippen LogP contribution in [0.2, 0.25) is 0 Å². The van der Waals surface area contributed by atoms with Crippen LogP contribution in [0, 0.1) is 19.8 Å². The van der Waals surface area contributed by atoms with Crippen LogP contribution < -0.4 is 4.90 Å². The highest BCUT2D eigenvalue weighted by Crippen LogP contribution is 2.25. The fourth-order valence-corrected chi connectivity index (χ4v) is 3.99. The average Bonchev–Trinajstić information content (AvgIpc) is 2.68. The number of likely N-dealkylation sites (N-methyl/N-ethyl adjacent to an activating group) is 1. The highest BCUT2D eigenvalue weighted by Gasteiger charge is 2.25. The third-order valence-electron chi connectivity index (χ3n) is 5.67. The molecule has 0 aliphatic carbocycles. The Hall–Kier alpha value is -2.43. The van der Waals surface area contributed by atoms with Crippen molar-refractivity contribution >= 4 is 11.9 Å². The summed E-state index contributed by atoms with van der Waals surface area (Å²) in [4.78, 5) is 26.0. The van der Waals surface area contributed by atoms with Crippen LogP contribution in [0.3, 0.4) is 0 Å². The van der Waals surface area contributed by atoms with Gasteiger partial charge in [0.2, 0.25) is 11.9 Å². The minimum absolute atomic E-state index is 0.254. The predicted molar refractivity (Wildman–Crippen MR) is 114 cm³/mol. The van der Waals surface area contributed by atoms with E-state index < -0.39 is 0 Å². The Morgan fingerprint density at radius 1 is 1.14 bits per heavy atom. The number of benzene rings is 1. The summed E-state index contributed by atoms with van der Waals surface area (Å²) in [6.45, 7) is 8.81. The summed E-state index contributed by atoms with van der Waals surface area (Å²) >= 11 is 0. The van der Waals surface area contributed by atoms with Crippen LogP contribution in [-0.2, 0) is 4.79 Å². The molecule has 0 radical (unpaired) electrons. The molecule has 28 heavy (non-hydrogen) atoms. The van der Waals surface area contributed by atoms with Crippen molar-refractivity contribution in [3.63, 3.8) is 0 Å². The van der Waals surface area contributed by atoms with Crippen LogP contribution in [0.15, 0.2) is 36.4 Å². The summed E-state index contributed by atoms with van der Waals surface area (Å²) in [5, 5.41) is 0. The molecule has 0 saturated carbocycles. The molecule has 1 aliphatic rings. The molecule has 5 nitrogen and oxygen atoms in total. The standard InChI is InChI=1S/C23H32N4O/c1-17(21-8-6-5-7-9-21)16-26(4)22(28)15-20-10-12-27(13-11-20)23-24-18(2)14-19(3)25-23/h5-9,14,17,20H,10-13,15-16H2,1-4H3/t17-/m1/s1. The Balaban J connectivity index is 1.48. The second kappa shape index (κ2) is 9.18. The number of hydrogen-bond acceptors (Lipinski definition) is 4. The van der Waals surface area contributed by atoms with E-state index in [1.54, 1.807) is 0 Å². The first kappa shape index (κ1) is 20.3. The molecule has 0 spiro atoms. The maximum Gasteiger partial charge on any atom is 0.225 e. The second-order valence-electron chi connectivity index (χ2n) is 8.17. The molecule has 0 unspecified atom stereocenters. The number of carbonyl (C=O) groups excluding carboxylic acids is 1. The minimum atomic E-state index is 0.254. The van der Waals surface area contributed by atoms with Gasteiger partial charge in [-0.25, -0.2) is 9.97 Å². The third kappa shape index (κ3) is 5.31. The molecule has 150 valence electrons. The number of amides is 1. The Kier molecular flexibility index (Phi) is 6.65. The van der Waals surface area contributed by atoms with Crippen molar-refractivity contribution in [1.82, 2.24) is 14.9 Å². The van der Waals surface area contributed by atoms with Gasteiger partial charge in [-0.2, -0.15) is 0 Å². The van der Waals surface area contributed by atoms with Crippen molar-refractivity contribution in [1.29, 1.82) is 0 Å². The maximum atomic E-state index is 12.7. The van der Waals surface area contributed by atoms with Crippen LogP contribution in [0.4, 0.5) is 5.95 Å². The van der Waals surface area contributed by atoms with Crippen molar-refractivity contribution < 1.29 is 4.79 Å². The molecule has 1 fully saturated rings. The Labute approximate surface area is 168 Å². The first-order chi connectivity index (χ1) is 13.4. The van der Waals surface area contributed by atoms with E-state index in [0.29, 0.717) is 18.3 Å². The zero-order valence-electron chi connectivity index (χ0n) is 17.6. The van der Waals surface area contributed by atoms with E-state index in [1.807, 2.05) is 37.9 Å². The van der Waals surface area contributed by atoms with Crippen LogP contribution in [-0.4, -0.2) is 47.5 Å². The highest BCUT2D eigenvalue weighted by molar-refractivity contribution is 5.76. The monoisotopic (exact) mass is 380 g/mol. The molecular formula is C23H32N4O. The lowest BCUT2D eigenvalue weighted by atomic mass is 9.93. The van der Waals surface area contributed by atoms with Gasteiger partial charge >= 0.3 is 0 Å². The molecule has 1 saturated heterocycles. The van der Waals surface area contributed by atoms with Gasteiger partial charge in [0.1, 0.15) is 0 Å². The van der Waals surface area contributed by atoms with E-state index >= 15 is 0 Å². The van der Waals surface area contributed by atoms with E-state index in [4.69, 9.17) is 0 Å². The summed E-state index contributed by atoms with van der Waals surface area (Å²) in [6.07, 6.45) is 2.67. The zero-order valence-corrected chi connectivity index (χ0v) is 17.6. The Morgan fingerprint density at radius 2 is 1.75 bits per heavy atom. The molecule has 1 aliphatic heterocycles. The molecule has 1 aromatic heterocycles. The van der Waals surface area contributed by atoms with Gasteiger partial charge in [0, 0.05) is 44.5 Å². The lowest BCUT2D eigenvalue weighted by molar-refractivity contribution is -0.131. The Morgan fingerprint density at radius 3 is 2.36 bits per heavy atom. The van der Waals surface area contributed by atoms with Crippen molar-refractivity contribution in [3.8, 4) is 0 Å². The molecule has 2 heterocycles. The van der Waals surface area contributed by atoms with Crippen molar-refractivity contribution in [2.75, 3.05) is 31.6 Å². The van der Waals surface area contributed by atoms with E-state index in [2.05, 4.69) is 46.1 Å². The molecule has 1 amide bonds. The largest absolute Gasteiger partial charge is 0.345 e. The van der Waals surface area contributed by atoms with Crippen LogP contribution in [0.1, 0.15) is 49.1 Å². The summed E-state index contributed by atoms with van der Waals surface area (Å²) in [7, 11) is 1.93. The first-order valence-electron chi connectivity index (χ1n) is 10.3. The van der Waals surface area contributed by atoms with Gasteiger partial charge < -0.3 is 9.80 Å². The zero-order chi connectivity index (χ0) is 20.1. The number of aryl methyl sites for hydroxylation is 2. The molecule has 3 rings (SSSR count). The van der Waals surface area contributed by atoms with Crippen molar-refractivity contribution in [2.45, 2.75) is 46.0 Å². The third-order valence-corrected chi connectivity index (χ3v) is 5.67. The van der Waals surface area contributed by atoms with Gasteiger partial charge in [-0.05, 0) is 50.2 Å². The number of nitrogens with zero attached hydrogens (tertiary/aromatic N) is 4. The quantitative estimate of drug-likeness (QED) is 0.761. The van der Waals surface area contributed by atoms with Crippen molar-refractivity contribution in [3.05, 3.63) is 53.3 Å². The summed E-state index contributed by atoms with van der Waals surface area (Å²) in [5.74, 6) is 1.88. The number of aromatic nitrogens is 2. The topological polar surface area (TPSA) is 49.3 Å². The lowest BCUT2D eigenvalue weighted by Crippen LogP contribution is -2.38. The van der Waals surface area contributed by atoms with E-state index in [9.17, 15) is 4.79 Å². The normalized spacial score (nSPS) is 16.1. The smallest absolute Gasteiger partial charge is 0.225 e. The number of piperidine rings is 1. The van der Waals surface area contributed by atoms with Crippen molar-refractivity contribution in [2.24, 2.45) is 5.92 Å². The predicted octanol–water partition coefficient (Wildman–Crippen LogP) is 3.96. The number of hydrogen-bond donors (Lipinski definition) is 0. The van der Waals surface area contributed by atoms with Gasteiger partial charge in [-0.3, -0.25) is 4.79 Å². The van der Waals surface area contributed by atoms with Crippen LogP contribution >= 0.6 is 0 Å². The molecule has 5 heteroatoms. The van der Waals surface area contributed by atoms with Gasteiger partial charge in [-0.1, -0.05) is 37.3 Å². The van der Waals surface area contributed by atoms with Crippen LogP contribution in [0.25, 0.3) is 0 Å². The summed E-state index contributed by atoms with van der Waals surface area (Å²) in [5.41, 5.74) is 3.30. The molecular weight excluding hydrogens is 348 g/mol. The van der Waals surface area contributed by atoms with Gasteiger partial charge in [0.25, 0.3) is 0 Å². The fourth-order valence-electron chi connectivity index (χ4n) is 3.99. The van der Waals surface area contributed by atoms with Gasteiger partial charge in [-0.15, -0.1) is 0 Å². The number of rotatable bonds is 6. The van der Waals surface area contributed by atoms with Crippen LogP contribution in [0.5, 0.6) is 0 Å². The van der Waals surface area contributed by atoms with E-state index in [0.717, 1.165) is 49.8 Å². The number of carbonyl (C=O) groups is 1. The summed E-state index contributed by atoms with van der Waals surface area (Å²) < 4.78 is 0. The molecule has 2 aromatic rings. The summed E-state index contributed by atoms with van der Waals surface area (Å²) in [6, 6.07) is 12.4. The molecule has 1 atom stereocenters. The minimum Gasteiger partial charge on any atom is -0.345 e. The van der Waals surface area contributed by atoms with E-state index in [-0.39, 0.29) is 5.91 Å². The first-order valence-corrected chi connectivity index (χ1v) is 10.3. The Bertz CT molecular complexity index is 764. The van der Waals surface area contributed by atoms with E-state index in [1.165, 1.54) is 5.56 Å². The molecule has 1 aromatic carbocycles. The van der Waals surface area contributed by atoms with Gasteiger partial charge in [0.15, 0.2) is 0 Å². The SMILES string of the molecule is Cc1cc(C)nc(N2CCC(CC(=O)N(C)C[C@@H](C)c3ccccc3)CC2)n1. The second-order valence-corrected chi connectivity index (χ2v) is 8.17. The highest BCUT2D eigenvalue weighted by atomic mass is 16.2. The lowest BCUT2D eigenvalue weighted by Gasteiger charge is -2.33. The average molecular weight is 381 g/mol. The number of anilines is 1. The maximum absolute atomic E-state index is 12.7. The molecule has 0 bridgehead atoms. The van der Waals surface area contributed by atoms with Gasteiger partial charge in [0.05, 0.1) is 0 Å².